The highest BCUT2D eigenvalue weighted by atomic mass is 35.5. The minimum absolute atomic E-state index is 0.0123. The molecule has 100 valence electrons. The minimum atomic E-state index is 0.0123. The van der Waals surface area contributed by atoms with E-state index in [9.17, 15) is 5.11 Å². The van der Waals surface area contributed by atoms with E-state index in [1.165, 1.54) is 0 Å². The van der Waals surface area contributed by atoms with Gasteiger partial charge in [0.15, 0.2) is 0 Å². The van der Waals surface area contributed by atoms with Crippen LogP contribution in [0.15, 0.2) is 18.2 Å². The Labute approximate surface area is 113 Å². The van der Waals surface area contributed by atoms with Crippen LogP contribution >= 0.6 is 11.6 Å². The third kappa shape index (κ3) is 2.95. The lowest BCUT2D eigenvalue weighted by Gasteiger charge is -2.34. The molecule has 0 saturated carbocycles. The van der Waals surface area contributed by atoms with Crippen LogP contribution in [-0.2, 0) is 0 Å². The molecule has 2 rings (SSSR count). The maximum Gasteiger partial charge on any atom is 0.137 e. The largest absolute Gasteiger partial charge is 0.495 e. The van der Waals surface area contributed by atoms with Gasteiger partial charge in [0.05, 0.1) is 24.8 Å². The lowest BCUT2D eigenvalue weighted by molar-refractivity contribution is 0.110. The van der Waals surface area contributed by atoms with E-state index in [0.29, 0.717) is 10.8 Å². The van der Waals surface area contributed by atoms with Gasteiger partial charge in [-0.15, -0.1) is 0 Å². The summed E-state index contributed by atoms with van der Waals surface area (Å²) in [6.07, 6.45) is 0. The highest BCUT2D eigenvalue weighted by Gasteiger charge is 2.22. The standard InChI is InChI=1S/C13H19ClN2O2/c1-18-13-8-10(2-3-11(13)14)12(9-17)16-6-4-15-5-7-16/h2-3,8,12,15,17H,4-7,9H2,1H3/t12-/m1/s1. The lowest BCUT2D eigenvalue weighted by Crippen LogP contribution is -2.46. The molecule has 1 fully saturated rings. The van der Waals surface area contributed by atoms with Crippen LogP contribution in [0.5, 0.6) is 5.75 Å². The maximum atomic E-state index is 9.63. The number of aliphatic hydroxyl groups excluding tert-OH is 1. The monoisotopic (exact) mass is 270 g/mol. The van der Waals surface area contributed by atoms with Crippen LogP contribution in [0.2, 0.25) is 5.02 Å². The number of nitrogens with zero attached hydrogens (tertiary/aromatic N) is 1. The molecule has 18 heavy (non-hydrogen) atoms. The quantitative estimate of drug-likeness (QED) is 0.865. The molecule has 1 aliphatic heterocycles. The second-order valence-corrected chi connectivity index (χ2v) is 4.79. The second kappa shape index (κ2) is 6.38. The molecule has 4 nitrogen and oxygen atoms in total. The fraction of sp³-hybridized carbons (Fsp3) is 0.538. The Hall–Kier alpha value is -0.810. The summed E-state index contributed by atoms with van der Waals surface area (Å²) in [5.74, 6) is 0.655. The average molecular weight is 271 g/mol. The van der Waals surface area contributed by atoms with Crippen LogP contribution in [0.25, 0.3) is 0 Å². The Bertz CT molecular complexity index is 395. The van der Waals surface area contributed by atoms with Crippen molar-refractivity contribution < 1.29 is 9.84 Å². The van der Waals surface area contributed by atoms with Crippen molar-refractivity contribution in [3.05, 3.63) is 28.8 Å². The highest BCUT2D eigenvalue weighted by Crippen LogP contribution is 2.30. The number of piperazine rings is 1. The van der Waals surface area contributed by atoms with Crippen molar-refractivity contribution in [3.63, 3.8) is 0 Å². The van der Waals surface area contributed by atoms with Crippen LogP contribution in [0.1, 0.15) is 11.6 Å². The number of ether oxygens (including phenoxy) is 1. The molecule has 1 aromatic carbocycles. The zero-order valence-corrected chi connectivity index (χ0v) is 11.3. The molecule has 0 spiro atoms. The van der Waals surface area contributed by atoms with Gasteiger partial charge < -0.3 is 15.2 Å². The molecule has 0 unspecified atom stereocenters. The molecule has 0 amide bonds. The van der Waals surface area contributed by atoms with Gasteiger partial charge in [0.2, 0.25) is 0 Å². The lowest BCUT2D eigenvalue weighted by atomic mass is 10.0. The van der Waals surface area contributed by atoms with Crippen molar-refractivity contribution in [1.29, 1.82) is 0 Å². The first-order valence-corrected chi connectivity index (χ1v) is 6.53. The zero-order chi connectivity index (χ0) is 13.0. The SMILES string of the molecule is COc1cc([C@@H](CO)N2CCNCC2)ccc1Cl. The number of methoxy groups -OCH3 is 1. The van der Waals surface area contributed by atoms with Crippen molar-refractivity contribution in [2.75, 3.05) is 39.9 Å². The molecular formula is C13H19ClN2O2. The predicted octanol–water partition coefficient (Wildman–Crippen LogP) is 1.29. The smallest absolute Gasteiger partial charge is 0.137 e. The summed E-state index contributed by atoms with van der Waals surface area (Å²) >= 11 is 6.02. The van der Waals surface area contributed by atoms with Gasteiger partial charge in [-0.3, -0.25) is 4.90 Å². The number of hydrogen-bond donors (Lipinski definition) is 2. The average Bonchev–Trinajstić information content (AvgIpc) is 2.42. The third-order valence-electron chi connectivity index (χ3n) is 3.33. The van der Waals surface area contributed by atoms with E-state index in [0.717, 1.165) is 31.7 Å². The van der Waals surface area contributed by atoms with Gasteiger partial charge in [0.1, 0.15) is 5.75 Å². The van der Waals surface area contributed by atoms with E-state index in [4.69, 9.17) is 16.3 Å². The number of hydrogen-bond acceptors (Lipinski definition) is 4. The van der Waals surface area contributed by atoms with E-state index in [1.807, 2.05) is 18.2 Å². The van der Waals surface area contributed by atoms with E-state index in [-0.39, 0.29) is 12.6 Å². The Morgan fingerprint density at radius 1 is 1.44 bits per heavy atom. The number of nitrogens with one attached hydrogen (secondary N) is 1. The van der Waals surface area contributed by atoms with Gasteiger partial charge >= 0.3 is 0 Å². The van der Waals surface area contributed by atoms with Gasteiger partial charge in [-0.2, -0.15) is 0 Å². The summed E-state index contributed by atoms with van der Waals surface area (Å²) in [6.45, 7) is 3.90. The predicted molar refractivity (Wildman–Crippen MR) is 72.3 cm³/mol. The summed E-state index contributed by atoms with van der Waals surface area (Å²) < 4.78 is 5.22. The number of benzene rings is 1. The van der Waals surface area contributed by atoms with Crippen LogP contribution in [-0.4, -0.2) is 49.9 Å². The molecule has 5 heteroatoms. The summed E-state index contributed by atoms with van der Waals surface area (Å²) in [7, 11) is 1.60. The summed E-state index contributed by atoms with van der Waals surface area (Å²) in [5.41, 5.74) is 1.04. The van der Waals surface area contributed by atoms with E-state index >= 15 is 0 Å². The Morgan fingerprint density at radius 2 is 2.17 bits per heavy atom. The second-order valence-electron chi connectivity index (χ2n) is 4.38. The van der Waals surface area contributed by atoms with Crippen molar-refractivity contribution >= 4 is 11.6 Å². The first-order valence-electron chi connectivity index (χ1n) is 6.15. The van der Waals surface area contributed by atoms with Crippen molar-refractivity contribution in [1.82, 2.24) is 10.2 Å². The number of halogens is 1. The molecule has 1 saturated heterocycles. The molecule has 1 atom stereocenters. The number of aliphatic hydroxyl groups is 1. The fourth-order valence-electron chi connectivity index (χ4n) is 2.31. The van der Waals surface area contributed by atoms with Crippen molar-refractivity contribution in [2.45, 2.75) is 6.04 Å². The molecule has 1 aliphatic rings. The third-order valence-corrected chi connectivity index (χ3v) is 3.64. The maximum absolute atomic E-state index is 9.63. The summed E-state index contributed by atoms with van der Waals surface area (Å²) in [4.78, 5) is 2.28. The Morgan fingerprint density at radius 3 is 2.78 bits per heavy atom. The van der Waals surface area contributed by atoms with Gasteiger partial charge in [0.25, 0.3) is 0 Å². The molecule has 0 bridgehead atoms. The van der Waals surface area contributed by atoms with Crippen LogP contribution in [0.3, 0.4) is 0 Å². The molecule has 0 radical (unpaired) electrons. The Balaban J connectivity index is 2.20. The van der Waals surface area contributed by atoms with Crippen LogP contribution in [0, 0.1) is 0 Å². The van der Waals surface area contributed by atoms with Gasteiger partial charge in [0, 0.05) is 26.2 Å². The van der Waals surface area contributed by atoms with Crippen LogP contribution < -0.4 is 10.1 Å². The normalized spacial score (nSPS) is 18.6. The van der Waals surface area contributed by atoms with Crippen molar-refractivity contribution in [2.24, 2.45) is 0 Å². The first-order chi connectivity index (χ1) is 8.76. The van der Waals surface area contributed by atoms with Gasteiger partial charge in [-0.25, -0.2) is 0 Å². The van der Waals surface area contributed by atoms with E-state index < -0.39 is 0 Å². The summed E-state index contributed by atoms with van der Waals surface area (Å²) in [5, 5.41) is 13.5. The molecule has 2 N–H and O–H groups in total. The minimum Gasteiger partial charge on any atom is -0.495 e. The molecule has 1 heterocycles. The zero-order valence-electron chi connectivity index (χ0n) is 10.5. The van der Waals surface area contributed by atoms with Gasteiger partial charge in [-0.1, -0.05) is 17.7 Å². The van der Waals surface area contributed by atoms with Crippen LogP contribution in [0.4, 0.5) is 0 Å². The molecule has 1 aromatic rings. The van der Waals surface area contributed by atoms with E-state index in [1.54, 1.807) is 7.11 Å². The highest BCUT2D eigenvalue weighted by molar-refractivity contribution is 6.32. The van der Waals surface area contributed by atoms with Crippen molar-refractivity contribution in [3.8, 4) is 5.75 Å². The first kappa shape index (κ1) is 13.6. The summed E-state index contributed by atoms with van der Waals surface area (Å²) in [6, 6.07) is 5.69. The fourth-order valence-corrected chi connectivity index (χ4v) is 2.50. The van der Waals surface area contributed by atoms with E-state index in [2.05, 4.69) is 10.2 Å². The molecule has 0 aromatic heterocycles. The topological polar surface area (TPSA) is 44.7 Å². The van der Waals surface area contributed by atoms with Gasteiger partial charge in [-0.05, 0) is 17.7 Å². The number of rotatable bonds is 4. The molecule has 0 aliphatic carbocycles. The Kier molecular flexibility index (Phi) is 4.83. The molecular weight excluding hydrogens is 252 g/mol.